The molecule has 1 heterocycles. The second kappa shape index (κ2) is 9.65. The number of nitrogen functional groups attached to an aromatic ring is 1. The highest BCUT2D eigenvalue weighted by molar-refractivity contribution is 5.97. The van der Waals surface area contributed by atoms with E-state index in [1.807, 2.05) is 32.0 Å². The van der Waals surface area contributed by atoms with Gasteiger partial charge in [0.1, 0.15) is 11.6 Å². The zero-order valence-corrected chi connectivity index (χ0v) is 17.6. The van der Waals surface area contributed by atoms with E-state index in [4.69, 9.17) is 10.5 Å². The minimum absolute atomic E-state index is 0.0355. The summed E-state index contributed by atoms with van der Waals surface area (Å²) in [5.74, 6) is 0.309. The molecule has 1 aromatic carbocycles. The highest BCUT2D eigenvalue weighted by Crippen LogP contribution is 2.29. The van der Waals surface area contributed by atoms with E-state index in [0.717, 1.165) is 44.1 Å². The number of hydrogen-bond acceptors (Lipinski definition) is 5. The van der Waals surface area contributed by atoms with Gasteiger partial charge in [-0.25, -0.2) is 4.79 Å². The Labute approximate surface area is 175 Å². The van der Waals surface area contributed by atoms with Gasteiger partial charge < -0.3 is 10.5 Å². The highest BCUT2D eigenvalue weighted by Gasteiger charge is 2.32. The minimum atomic E-state index is -0.638. The van der Waals surface area contributed by atoms with Crippen LogP contribution in [0.3, 0.4) is 0 Å². The molecule has 0 radical (unpaired) electrons. The molecule has 1 aliphatic rings. The molecule has 0 spiro atoms. The van der Waals surface area contributed by atoms with Crippen LogP contribution in [-0.2, 0) is 11.3 Å². The number of rotatable bonds is 8. The number of hydrogen-bond donors (Lipinski definition) is 2. The lowest BCUT2D eigenvalue weighted by Crippen LogP contribution is -2.47. The van der Waals surface area contributed by atoms with E-state index < -0.39 is 11.2 Å². The van der Waals surface area contributed by atoms with Crippen molar-refractivity contribution in [2.45, 2.75) is 65.0 Å². The van der Waals surface area contributed by atoms with Gasteiger partial charge in [0.25, 0.3) is 11.5 Å². The molecule has 1 fully saturated rings. The number of amides is 1. The third kappa shape index (κ3) is 4.58. The fourth-order valence-corrected chi connectivity index (χ4v) is 3.95. The summed E-state index contributed by atoms with van der Waals surface area (Å²) in [5.41, 5.74) is 6.05. The first-order chi connectivity index (χ1) is 14.4. The molecule has 8 nitrogen and oxygen atoms in total. The van der Waals surface area contributed by atoms with E-state index in [2.05, 4.69) is 4.98 Å². The summed E-state index contributed by atoms with van der Waals surface area (Å²) < 4.78 is 7.09. The van der Waals surface area contributed by atoms with Crippen LogP contribution in [0.4, 0.5) is 11.5 Å². The summed E-state index contributed by atoms with van der Waals surface area (Å²) in [5, 5.41) is 0. The van der Waals surface area contributed by atoms with E-state index in [1.54, 1.807) is 6.07 Å². The number of nitrogens with zero attached hydrogens (tertiary/aromatic N) is 2. The Balaban J connectivity index is 1.96. The van der Waals surface area contributed by atoms with Crippen molar-refractivity contribution in [3.05, 3.63) is 50.7 Å². The Morgan fingerprint density at radius 3 is 2.63 bits per heavy atom. The van der Waals surface area contributed by atoms with Crippen molar-refractivity contribution >= 4 is 17.4 Å². The van der Waals surface area contributed by atoms with E-state index in [0.29, 0.717) is 12.3 Å². The lowest BCUT2D eigenvalue weighted by molar-refractivity contribution is -0.121. The normalized spacial score (nSPS) is 14.1. The smallest absolute Gasteiger partial charge is 0.330 e. The van der Waals surface area contributed by atoms with Gasteiger partial charge in [-0.2, -0.15) is 0 Å². The summed E-state index contributed by atoms with van der Waals surface area (Å²) in [6.07, 6.45) is 5.12. The number of nitrogens with two attached hydrogens (primary N) is 1. The van der Waals surface area contributed by atoms with Crippen molar-refractivity contribution in [3.8, 4) is 5.75 Å². The van der Waals surface area contributed by atoms with Crippen LogP contribution >= 0.6 is 0 Å². The fourth-order valence-electron chi connectivity index (χ4n) is 3.95. The molecule has 1 amide bonds. The number of carbonyl (C=O) groups is 1. The average molecular weight is 415 g/mol. The summed E-state index contributed by atoms with van der Waals surface area (Å²) >= 11 is 0. The number of aromatic amines is 1. The SMILES string of the molecule is CCCCn1c(N)c(N(C(=O)COc2ccccc2C)C2CCCC2)c(=O)[nH]c1=O. The first kappa shape index (κ1) is 21.7. The summed E-state index contributed by atoms with van der Waals surface area (Å²) in [6.45, 7) is 4.08. The van der Waals surface area contributed by atoms with Crippen LogP contribution in [0.2, 0.25) is 0 Å². The van der Waals surface area contributed by atoms with Crippen molar-refractivity contribution in [1.82, 2.24) is 9.55 Å². The molecule has 2 aromatic rings. The topological polar surface area (TPSA) is 110 Å². The Morgan fingerprint density at radius 1 is 1.27 bits per heavy atom. The molecule has 0 saturated heterocycles. The van der Waals surface area contributed by atoms with Gasteiger partial charge in [0.2, 0.25) is 0 Å². The van der Waals surface area contributed by atoms with Crippen molar-refractivity contribution < 1.29 is 9.53 Å². The van der Waals surface area contributed by atoms with Crippen molar-refractivity contribution in [1.29, 1.82) is 0 Å². The van der Waals surface area contributed by atoms with Gasteiger partial charge >= 0.3 is 5.69 Å². The zero-order valence-electron chi connectivity index (χ0n) is 17.6. The lowest BCUT2D eigenvalue weighted by Gasteiger charge is -2.30. The molecule has 3 rings (SSSR count). The van der Waals surface area contributed by atoms with Crippen molar-refractivity contribution in [2.24, 2.45) is 0 Å². The quantitative estimate of drug-likeness (QED) is 0.690. The van der Waals surface area contributed by atoms with Crippen LogP contribution in [0, 0.1) is 6.92 Å². The van der Waals surface area contributed by atoms with Crippen molar-refractivity contribution in [3.63, 3.8) is 0 Å². The molecule has 162 valence electrons. The summed E-state index contributed by atoms with van der Waals surface area (Å²) in [7, 11) is 0. The molecule has 1 saturated carbocycles. The molecule has 0 bridgehead atoms. The lowest BCUT2D eigenvalue weighted by atomic mass is 10.2. The predicted octanol–water partition coefficient (Wildman–Crippen LogP) is 2.58. The number of anilines is 2. The number of para-hydroxylation sites is 1. The monoisotopic (exact) mass is 414 g/mol. The Hall–Kier alpha value is -3.03. The number of aromatic nitrogens is 2. The summed E-state index contributed by atoms with van der Waals surface area (Å²) in [6, 6.07) is 7.30. The number of aryl methyl sites for hydroxylation is 1. The standard InChI is InChI=1S/C22H30N4O4/c1-3-4-13-25-20(23)19(21(28)24-22(25)29)26(16-10-6-7-11-16)18(27)14-30-17-12-8-5-9-15(17)2/h5,8-9,12,16H,3-4,6-7,10-11,13-14,23H2,1-2H3,(H,24,28,29). The summed E-state index contributed by atoms with van der Waals surface area (Å²) in [4.78, 5) is 42.0. The largest absolute Gasteiger partial charge is 0.483 e. The van der Waals surface area contributed by atoms with E-state index in [9.17, 15) is 14.4 Å². The van der Waals surface area contributed by atoms with Crippen LogP contribution in [0.25, 0.3) is 0 Å². The molecule has 3 N–H and O–H groups in total. The third-order valence-electron chi connectivity index (χ3n) is 5.59. The first-order valence-electron chi connectivity index (χ1n) is 10.6. The number of nitrogens with one attached hydrogen (secondary N) is 1. The maximum absolute atomic E-state index is 13.2. The van der Waals surface area contributed by atoms with Crippen LogP contribution in [-0.4, -0.2) is 28.1 Å². The van der Waals surface area contributed by atoms with Gasteiger partial charge in [0, 0.05) is 12.6 Å². The van der Waals surface area contributed by atoms with Gasteiger partial charge in [-0.1, -0.05) is 44.4 Å². The van der Waals surface area contributed by atoms with E-state index >= 15 is 0 Å². The van der Waals surface area contributed by atoms with Crippen LogP contribution in [0.5, 0.6) is 5.75 Å². The van der Waals surface area contributed by atoms with Crippen LogP contribution in [0.1, 0.15) is 51.0 Å². The molecule has 0 atom stereocenters. The second-order valence-corrected chi connectivity index (χ2v) is 7.75. The van der Waals surface area contributed by atoms with E-state index in [1.165, 1.54) is 9.47 Å². The van der Waals surface area contributed by atoms with Crippen LogP contribution in [0.15, 0.2) is 33.9 Å². The van der Waals surface area contributed by atoms with Gasteiger partial charge in [-0.15, -0.1) is 0 Å². The Bertz CT molecular complexity index is 1000. The molecular weight excluding hydrogens is 384 g/mol. The first-order valence-corrected chi connectivity index (χ1v) is 10.6. The Morgan fingerprint density at radius 2 is 1.97 bits per heavy atom. The number of ether oxygens (including phenoxy) is 1. The fraction of sp³-hybridized carbons (Fsp3) is 0.500. The number of benzene rings is 1. The van der Waals surface area contributed by atoms with Crippen LogP contribution < -0.4 is 26.6 Å². The van der Waals surface area contributed by atoms with Gasteiger partial charge in [-0.05, 0) is 37.8 Å². The highest BCUT2D eigenvalue weighted by atomic mass is 16.5. The molecule has 1 aromatic heterocycles. The number of carbonyl (C=O) groups excluding carboxylic acids is 1. The third-order valence-corrected chi connectivity index (χ3v) is 5.59. The van der Waals surface area contributed by atoms with Gasteiger partial charge in [0.05, 0.1) is 0 Å². The molecule has 0 unspecified atom stereocenters. The van der Waals surface area contributed by atoms with Gasteiger partial charge in [-0.3, -0.25) is 24.0 Å². The van der Waals surface area contributed by atoms with Gasteiger partial charge in [0.15, 0.2) is 12.3 Å². The molecule has 8 heteroatoms. The molecular formula is C22H30N4O4. The number of H-pyrrole nitrogens is 1. The Kier molecular flexibility index (Phi) is 6.97. The predicted molar refractivity (Wildman–Crippen MR) is 117 cm³/mol. The van der Waals surface area contributed by atoms with E-state index in [-0.39, 0.29) is 30.1 Å². The molecule has 1 aliphatic carbocycles. The average Bonchev–Trinajstić information content (AvgIpc) is 3.24. The second-order valence-electron chi connectivity index (χ2n) is 7.75. The minimum Gasteiger partial charge on any atom is -0.483 e. The zero-order chi connectivity index (χ0) is 21.7. The molecule has 0 aliphatic heterocycles. The number of unbranched alkanes of at least 4 members (excludes halogenated alkanes) is 1. The van der Waals surface area contributed by atoms with Crippen molar-refractivity contribution in [2.75, 3.05) is 17.2 Å². The maximum atomic E-state index is 13.2. The maximum Gasteiger partial charge on any atom is 0.330 e. The molecule has 30 heavy (non-hydrogen) atoms.